The third kappa shape index (κ3) is 5.55. The summed E-state index contributed by atoms with van der Waals surface area (Å²) >= 11 is 0. The lowest BCUT2D eigenvalue weighted by Gasteiger charge is -2.13. The topological polar surface area (TPSA) is 77.3 Å². The van der Waals surface area contributed by atoms with Crippen molar-refractivity contribution in [3.8, 4) is 67.7 Å². The van der Waals surface area contributed by atoms with Crippen LogP contribution in [-0.4, -0.2) is 29.9 Å². The van der Waals surface area contributed by atoms with Crippen molar-refractivity contribution in [1.82, 2.24) is 29.9 Å². The number of rotatable bonds is 6. The van der Waals surface area contributed by atoms with E-state index in [4.69, 9.17) is 19.9 Å². The van der Waals surface area contributed by atoms with Crippen molar-refractivity contribution in [3.05, 3.63) is 170 Å². The molecule has 0 amide bonds. The molecule has 0 fully saturated rings. The zero-order valence-electron chi connectivity index (χ0n) is 26.8. The van der Waals surface area contributed by atoms with Crippen molar-refractivity contribution in [3.63, 3.8) is 0 Å². The van der Waals surface area contributed by atoms with Crippen molar-refractivity contribution in [1.29, 1.82) is 0 Å². The second-order valence-corrected chi connectivity index (χ2v) is 12.0. The second kappa shape index (κ2) is 12.6. The highest BCUT2D eigenvalue weighted by atomic mass is 15.0. The third-order valence-electron chi connectivity index (χ3n) is 8.95. The molecule has 0 spiro atoms. The Hall–Kier alpha value is -6.92. The summed E-state index contributed by atoms with van der Waals surface area (Å²) in [6, 6.07) is 50.2. The van der Waals surface area contributed by atoms with Gasteiger partial charge in [0.05, 0.1) is 11.2 Å². The smallest absolute Gasteiger partial charge is 0.164 e. The maximum atomic E-state index is 5.16. The van der Waals surface area contributed by atoms with Crippen molar-refractivity contribution < 1.29 is 0 Å². The van der Waals surface area contributed by atoms with E-state index < -0.39 is 0 Å². The van der Waals surface area contributed by atoms with Crippen LogP contribution in [0, 0.1) is 0 Å². The zero-order valence-corrected chi connectivity index (χ0v) is 26.8. The summed E-state index contributed by atoms with van der Waals surface area (Å²) < 4.78 is 0. The van der Waals surface area contributed by atoms with Crippen molar-refractivity contribution >= 4 is 21.7 Å². The number of aromatic nitrogens is 6. The number of benzene rings is 5. The SMILES string of the molecule is c1ccc(-c2cc(-c3ccc(-c4ccc(-c5nc(-c6ccncc6)nc(-c6ccncc6)n5)cc4)cc3)nc3ccc4ccccc4c23)cc1. The molecule has 6 heteroatoms. The fourth-order valence-electron chi connectivity index (χ4n) is 6.41. The Morgan fingerprint density at radius 1 is 0.340 bits per heavy atom. The molecule has 9 aromatic rings. The van der Waals surface area contributed by atoms with Crippen LogP contribution in [0.1, 0.15) is 0 Å². The molecular weight excluding hydrogens is 613 g/mol. The van der Waals surface area contributed by atoms with Gasteiger partial charge in [0.15, 0.2) is 17.5 Å². The number of hydrogen-bond donors (Lipinski definition) is 0. The number of pyridine rings is 3. The van der Waals surface area contributed by atoms with Crippen LogP contribution in [0.4, 0.5) is 0 Å². The van der Waals surface area contributed by atoms with Crippen LogP contribution in [-0.2, 0) is 0 Å². The number of nitrogens with zero attached hydrogens (tertiary/aromatic N) is 6. The molecule has 0 bridgehead atoms. The normalized spacial score (nSPS) is 11.2. The minimum Gasteiger partial charge on any atom is -0.265 e. The Morgan fingerprint density at radius 3 is 1.44 bits per heavy atom. The lowest BCUT2D eigenvalue weighted by molar-refractivity contribution is 1.07. The maximum absolute atomic E-state index is 5.16. The van der Waals surface area contributed by atoms with Crippen LogP contribution in [0.5, 0.6) is 0 Å². The fraction of sp³-hybridized carbons (Fsp3) is 0. The van der Waals surface area contributed by atoms with Gasteiger partial charge in [0.2, 0.25) is 0 Å². The summed E-state index contributed by atoms with van der Waals surface area (Å²) in [5.74, 6) is 1.79. The summed E-state index contributed by atoms with van der Waals surface area (Å²) in [5, 5.41) is 3.59. The standard InChI is InChI=1S/C44H28N6/c1-2-6-31(7-3-1)38-28-40(47-39-19-18-32-8-4-5-9-37(32)41(38)39)33-14-10-29(11-15-33)30-12-16-34(17-13-30)42-48-43(35-20-24-45-25-21-35)50-44(49-42)36-22-26-46-27-23-36/h1-28H. The zero-order chi connectivity index (χ0) is 33.3. The fourth-order valence-corrected chi connectivity index (χ4v) is 6.41. The van der Waals surface area contributed by atoms with E-state index in [0.717, 1.165) is 44.6 Å². The molecule has 0 saturated carbocycles. The quantitative estimate of drug-likeness (QED) is 0.168. The monoisotopic (exact) mass is 640 g/mol. The molecule has 0 aliphatic rings. The first-order valence-corrected chi connectivity index (χ1v) is 16.4. The van der Waals surface area contributed by atoms with Crippen molar-refractivity contribution in [2.45, 2.75) is 0 Å². The summed E-state index contributed by atoms with van der Waals surface area (Å²) in [4.78, 5) is 27.9. The first-order valence-electron chi connectivity index (χ1n) is 16.4. The van der Waals surface area contributed by atoms with Gasteiger partial charge in [-0.25, -0.2) is 19.9 Å². The minimum atomic E-state index is 0.592. The van der Waals surface area contributed by atoms with Crippen LogP contribution < -0.4 is 0 Å². The Balaban J connectivity index is 1.06. The van der Waals surface area contributed by atoms with Crippen LogP contribution >= 0.6 is 0 Å². The van der Waals surface area contributed by atoms with Crippen LogP contribution in [0.2, 0.25) is 0 Å². The van der Waals surface area contributed by atoms with Crippen molar-refractivity contribution in [2.75, 3.05) is 0 Å². The Morgan fingerprint density at radius 2 is 0.840 bits per heavy atom. The largest absolute Gasteiger partial charge is 0.265 e. The maximum Gasteiger partial charge on any atom is 0.164 e. The second-order valence-electron chi connectivity index (χ2n) is 12.0. The molecular formula is C44H28N6. The van der Waals surface area contributed by atoms with Crippen LogP contribution in [0.25, 0.3) is 89.4 Å². The molecule has 0 unspecified atom stereocenters. The van der Waals surface area contributed by atoms with E-state index in [0.29, 0.717) is 17.5 Å². The van der Waals surface area contributed by atoms with Gasteiger partial charge in [-0.15, -0.1) is 0 Å². The van der Waals surface area contributed by atoms with Gasteiger partial charge in [-0.3, -0.25) is 9.97 Å². The Labute approximate surface area is 288 Å². The Kier molecular flexibility index (Phi) is 7.37. The predicted molar refractivity (Wildman–Crippen MR) is 201 cm³/mol. The van der Waals surface area contributed by atoms with Crippen molar-refractivity contribution in [2.24, 2.45) is 0 Å². The van der Waals surface area contributed by atoms with E-state index in [-0.39, 0.29) is 0 Å². The predicted octanol–water partition coefficient (Wildman–Crippen LogP) is 10.4. The minimum absolute atomic E-state index is 0.592. The molecule has 9 rings (SSSR count). The molecule has 0 aliphatic carbocycles. The first-order chi connectivity index (χ1) is 24.8. The lowest BCUT2D eigenvalue weighted by Crippen LogP contribution is -2.00. The Bertz CT molecular complexity index is 2550. The molecule has 6 nitrogen and oxygen atoms in total. The summed E-state index contributed by atoms with van der Waals surface area (Å²) in [7, 11) is 0. The van der Waals surface area contributed by atoms with Crippen LogP contribution in [0.3, 0.4) is 0 Å². The highest BCUT2D eigenvalue weighted by molar-refractivity contribution is 6.13. The molecule has 4 aromatic heterocycles. The molecule has 0 atom stereocenters. The molecule has 0 aliphatic heterocycles. The van der Waals surface area contributed by atoms with Gasteiger partial charge in [-0.1, -0.05) is 109 Å². The van der Waals surface area contributed by atoms with E-state index in [1.165, 1.54) is 27.3 Å². The highest BCUT2D eigenvalue weighted by Crippen LogP contribution is 2.37. The summed E-state index contributed by atoms with van der Waals surface area (Å²) in [5.41, 5.74) is 10.2. The van der Waals surface area contributed by atoms with Gasteiger partial charge >= 0.3 is 0 Å². The number of fused-ring (bicyclic) bond motifs is 3. The lowest BCUT2D eigenvalue weighted by atomic mass is 9.94. The first kappa shape index (κ1) is 29.2. The summed E-state index contributed by atoms with van der Waals surface area (Å²) in [6.45, 7) is 0. The molecule has 0 radical (unpaired) electrons. The molecule has 234 valence electrons. The average molecular weight is 641 g/mol. The van der Waals surface area contributed by atoms with Gasteiger partial charge in [-0.2, -0.15) is 0 Å². The van der Waals surface area contributed by atoms with Gasteiger partial charge in [0, 0.05) is 52.4 Å². The molecule has 5 aromatic carbocycles. The molecule has 0 saturated heterocycles. The molecule has 0 N–H and O–H groups in total. The summed E-state index contributed by atoms with van der Waals surface area (Å²) in [6.07, 6.45) is 6.96. The third-order valence-corrected chi connectivity index (χ3v) is 8.95. The van der Waals surface area contributed by atoms with E-state index in [1.54, 1.807) is 24.8 Å². The van der Waals surface area contributed by atoms with Gasteiger partial charge in [-0.05, 0) is 69.4 Å². The van der Waals surface area contributed by atoms with E-state index >= 15 is 0 Å². The number of hydrogen-bond acceptors (Lipinski definition) is 6. The van der Waals surface area contributed by atoms with Gasteiger partial charge in [0.25, 0.3) is 0 Å². The van der Waals surface area contributed by atoms with Gasteiger partial charge < -0.3 is 0 Å². The van der Waals surface area contributed by atoms with E-state index in [1.807, 2.05) is 24.3 Å². The van der Waals surface area contributed by atoms with Gasteiger partial charge in [0.1, 0.15) is 0 Å². The molecule has 50 heavy (non-hydrogen) atoms. The average Bonchev–Trinajstić information content (AvgIpc) is 3.21. The highest BCUT2D eigenvalue weighted by Gasteiger charge is 2.14. The molecule has 4 heterocycles. The van der Waals surface area contributed by atoms with E-state index in [2.05, 4.69) is 131 Å². The van der Waals surface area contributed by atoms with E-state index in [9.17, 15) is 0 Å². The van der Waals surface area contributed by atoms with Crippen LogP contribution in [0.15, 0.2) is 170 Å².